The van der Waals surface area contributed by atoms with Crippen LogP contribution in [0.1, 0.15) is 25.3 Å². The predicted octanol–water partition coefficient (Wildman–Crippen LogP) is 3.16. The minimum Gasteiger partial charge on any atom is -0.439 e. The maximum absolute atomic E-state index is 13.3. The van der Waals surface area contributed by atoms with Gasteiger partial charge in [0.1, 0.15) is 5.75 Å². The van der Waals surface area contributed by atoms with Crippen molar-refractivity contribution in [1.82, 2.24) is 15.6 Å². The van der Waals surface area contributed by atoms with Gasteiger partial charge in [-0.05, 0) is 44.5 Å². The van der Waals surface area contributed by atoms with Crippen molar-refractivity contribution in [3.63, 3.8) is 0 Å². The van der Waals surface area contributed by atoms with Gasteiger partial charge >= 0.3 is 0 Å². The molecule has 2 N–H and O–H groups in total. The van der Waals surface area contributed by atoms with E-state index >= 15 is 0 Å². The maximum Gasteiger partial charge on any atom is 0.227 e. The molecule has 0 bridgehead atoms. The molecule has 1 amide bonds. The Bertz CT molecular complexity index is 792. The summed E-state index contributed by atoms with van der Waals surface area (Å²) in [6.45, 7) is 3.75. The lowest BCUT2D eigenvalue weighted by Gasteiger charge is -2.32. The molecule has 1 aliphatic heterocycles. The number of piperidine rings is 1. The second kappa shape index (κ2) is 7.78. The third-order valence-electron chi connectivity index (χ3n) is 4.54. The monoisotopic (exact) mass is 361 g/mol. The Balaban J connectivity index is 1.69. The highest BCUT2D eigenvalue weighted by molar-refractivity contribution is 5.82. The molecule has 7 heteroatoms. The molecule has 0 spiro atoms. The van der Waals surface area contributed by atoms with Crippen LogP contribution in [0.25, 0.3) is 0 Å². The van der Waals surface area contributed by atoms with Crippen LogP contribution in [0, 0.1) is 17.0 Å². The van der Waals surface area contributed by atoms with Crippen LogP contribution in [0.4, 0.5) is 8.78 Å². The van der Waals surface area contributed by atoms with Crippen LogP contribution in [0.5, 0.6) is 11.6 Å². The van der Waals surface area contributed by atoms with Gasteiger partial charge < -0.3 is 15.4 Å². The minimum atomic E-state index is -0.994. The van der Waals surface area contributed by atoms with Crippen molar-refractivity contribution in [2.75, 3.05) is 13.1 Å². The van der Waals surface area contributed by atoms with Crippen molar-refractivity contribution in [2.45, 2.75) is 26.3 Å². The Morgan fingerprint density at radius 1 is 1.35 bits per heavy atom. The summed E-state index contributed by atoms with van der Waals surface area (Å²) in [4.78, 5) is 16.7. The molecule has 1 atom stereocenters. The first-order valence-electron chi connectivity index (χ1n) is 8.54. The smallest absolute Gasteiger partial charge is 0.227 e. The Hall–Kier alpha value is -2.54. The van der Waals surface area contributed by atoms with Gasteiger partial charge in [0.2, 0.25) is 11.8 Å². The molecular formula is C19H21F2N3O2. The molecule has 2 aromatic rings. The zero-order chi connectivity index (χ0) is 18.6. The van der Waals surface area contributed by atoms with Gasteiger partial charge in [0, 0.05) is 30.9 Å². The Kier molecular flexibility index (Phi) is 5.46. The number of aromatic nitrogens is 1. The highest BCUT2D eigenvalue weighted by atomic mass is 19.2. The number of ether oxygens (including phenoxy) is 1. The van der Waals surface area contributed by atoms with Gasteiger partial charge in [0.25, 0.3) is 0 Å². The number of rotatable bonds is 5. The lowest BCUT2D eigenvalue weighted by atomic mass is 9.82. The number of hydrogen-bond acceptors (Lipinski definition) is 4. The van der Waals surface area contributed by atoms with Gasteiger partial charge in [-0.1, -0.05) is 6.07 Å². The van der Waals surface area contributed by atoms with Crippen molar-refractivity contribution in [3.8, 4) is 11.6 Å². The minimum absolute atomic E-state index is 0.0349. The molecule has 5 nitrogen and oxygen atoms in total. The van der Waals surface area contributed by atoms with Crippen LogP contribution in [-0.4, -0.2) is 24.0 Å². The SMILES string of the molecule is CC1(C(=O)NCc2cccnc2Oc2ccc(F)c(F)c2)CCCNC1. The third-order valence-corrected chi connectivity index (χ3v) is 4.54. The van der Waals surface area contributed by atoms with E-state index in [2.05, 4.69) is 15.6 Å². The first kappa shape index (κ1) is 18.3. The topological polar surface area (TPSA) is 63.2 Å². The number of nitrogens with one attached hydrogen (secondary N) is 2. The number of hydrogen-bond donors (Lipinski definition) is 2. The number of benzene rings is 1. The van der Waals surface area contributed by atoms with Crippen molar-refractivity contribution in [3.05, 3.63) is 53.7 Å². The van der Waals surface area contributed by atoms with Crippen LogP contribution >= 0.6 is 0 Å². The lowest BCUT2D eigenvalue weighted by Crippen LogP contribution is -2.48. The standard InChI is InChI=1S/C19H21F2N3O2/c1-19(7-3-8-22-12-19)18(25)24-11-13-4-2-9-23-17(13)26-14-5-6-15(20)16(21)10-14/h2,4-6,9-10,22H,3,7-8,11-12H2,1H3,(H,24,25). The molecule has 0 saturated carbocycles. The summed E-state index contributed by atoms with van der Waals surface area (Å²) in [5, 5.41) is 6.17. The molecule has 3 rings (SSSR count). The summed E-state index contributed by atoms with van der Waals surface area (Å²) in [7, 11) is 0. The largest absolute Gasteiger partial charge is 0.439 e. The van der Waals surface area contributed by atoms with E-state index in [0.717, 1.165) is 31.5 Å². The van der Waals surface area contributed by atoms with Gasteiger partial charge in [-0.15, -0.1) is 0 Å². The lowest BCUT2D eigenvalue weighted by molar-refractivity contribution is -0.131. The van der Waals surface area contributed by atoms with Gasteiger partial charge in [-0.25, -0.2) is 13.8 Å². The molecule has 1 aliphatic rings. The maximum atomic E-state index is 13.3. The molecule has 1 unspecified atom stereocenters. The van der Waals surface area contributed by atoms with E-state index in [-0.39, 0.29) is 24.1 Å². The van der Waals surface area contributed by atoms with E-state index in [1.165, 1.54) is 12.3 Å². The zero-order valence-electron chi connectivity index (χ0n) is 14.5. The number of carbonyl (C=O) groups is 1. The first-order chi connectivity index (χ1) is 12.5. The summed E-state index contributed by atoms with van der Waals surface area (Å²) >= 11 is 0. The highest BCUT2D eigenvalue weighted by Crippen LogP contribution is 2.27. The zero-order valence-corrected chi connectivity index (χ0v) is 14.5. The fourth-order valence-electron chi connectivity index (χ4n) is 2.94. The summed E-state index contributed by atoms with van der Waals surface area (Å²) in [6.07, 6.45) is 3.32. The number of pyridine rings is 1. The first-order valence-corrected chi connectivity index (χ1v) is 8.54. The molecule has 1 aromatic heterocycles. The normalized spacial score (nSPS) is 19.8. The number of carbonyl (C=O) groups excluding carboxylic acids is 1. The summed E-state index contributed by atoms with van der Waals surface area (Å²) in [5.74, 6) is -1.59. The number of nitrogens with zero attached hydrogens (tertiary/aromatic N) is 1. The van der Waals surface area contributed by atoms with Crippen LogP contribution < -0.4 is 15.4 Å². The van der Waals surface area contributed by atoms with E-state index in [1.54, 1.807) is 12.1 Å². The second-order valence-corrected chi connectivity index (χ2v) is 6.67. The highest BCUT2D eigenvalue weighted by Gasteiger charge is 2.34. The van der Waals surface area contributed by atoms with E-state index in [1.807, 2.05) is 6.92 Å². The van der Waals surface area contributed by atoms with Crippen molar-refractivity contribution in [1.29, 1.82) is 0 Å². The number of amides is 1. The Labute approximate surface area is 150 Å². The molecule has 1 fully saturated rings. The van der Waals surface area contributed by atoms with Gasteiger partial charge in [-0.2, -0.15) is 0 Å². The summed E-state index contributed by atoms with van der Waals surface area (Å²) in [5.41, 5.74) is 0.208. The summed E-state index contributed by atoms with van der Waals surface area (Å²) < 4.78 is 32.0. The van der Waals surface area contributed by atoms with Crippen LogP contribution in [0.3, 0.4) is 0 Å². The molecule has 0 aliphatic carbocycles. The van der Waals surface area contributed by atoms with Gasteiger partial charge in [0.05, 0.1) is 5.41 Å². The van der Waals surface area contributed by atoms with E-state index in [9.17, 15) is 13.6 Å². The van der Waals surface area contributed by atoms with E-state index < -0.39 is 17.0 Å². The predicted molar refractivity (Wildman–Crippen MR) is 92.7 cm³/mol. The Morgan fingerprint density at radius 3 is 2.92 bits per heavy atom. The molecular weight excluding hydrogens is 340 g/mol. The quantitative estimate of drug-likeness (QED) is 0.859. The average molecular weight is 361 g/mol. The van der Waals surface area contributed by atoms with Crippen LogP contribution in [0.15, 0.2) is 36.5 Å². The molecule has 0 radical (unpaired) electrons. The molecule has 1 saturated heterocycles. The van der Waals surface area contributed by atoms with Gasteiger partial charge in [-0.3, -0.25) is 4.79 Å². The third kappa shape index (κ3) is 4.16. The van der Waals surface area contributed by atoms with Crippen molar-refractivity contribution < 1.29 is 18.3 Å². The fraction of sp³-hybridized carbons (Fsp3) is 0.368. The molecule has 26 heavy (non-hydrogen) atoms. The van der Waals surface area contributed by atoms with Crippen molar-refractivity contribution in [2.24, 2.45) is 5.41 Å². The number of halogens is 2. The van der Waals surface area contributed by atoms with E-state index in [4.69, 9.17) is 4.74 Å². The fourth-order valence-corrected chi connectivity index (χ4v) is 2.94. The Morgan fingerprint density at radius 2 is 2.19 bits per heavy atom. The van der Waals surface area contributed by atoms with Crippen molar-refractivity contribution >= 4 is 5.91 Å². The second-order valence-electron chi connectivity index (χ2n) is 6.67. The molecule has 138 valence electrons. The average Bonchev–Trinajstić information content (AvgIpc) is 2.64. The van der Waals surface area contributed by atoms with E-state index in [0.29, 0.717) is 12.1 Å². The van der Waals surface area contributed by atoms with Crippen LogP contribution in [-0.2, 0) is 11.3 Å². The molecule has 1 aromatic carbocycles. The molecule has 2 heterocycles. The van der Waals surface area contributed by atoms with Crippen LogP contribution in [0.2, 0.25) is 0 Å². The van der Waals surface area contributed by atoms with Gasteiger partial charge in [0.15, 0.2) is 11.6 Å². The summed E-state index contributed by atoms with van der Waals surface area (Å²) in [6, 6.07) is 6.77.